The fraction of sp³-hybridized carbons (Fsp3) is 0.350. The van der Waals surface area contributed by atoms with Crippen LogP contribution in [0.5, 0.6) is 5.75 Å². The molecule has 0 aliphatic heterocycles. The molecule has 2 aromatic rings. The van der Waals surface area contributed by atoms with Crippen LogP contribution in [0.1, 0.15) is 18.1 Å². The molecule has 6 nitrogen and oxygen atoms in total. The molecule has 0 saturated heterocycles. The second-order valence-electron chi connectivity index (χ2n) is 6.11. The van der Waals surface area contributed by atoms with Crippen molar-refractivity contribution in [1.29, 1.82) is 0 Å². The van der Waals surface area contributed by atoms with Crippen molar-refractivity contribution in [3.05, 3.63) is 59.9 Å². The van der Waals surface area contributed by atoms with E-state index in [1.165, 1.54) is 11.8 Å². The average molecular weight is 355 g/mol. The monoisotopic (exact) mass is 355 g/mol. The minimum Gasteiger partial charge on any atom is -0.496 e. The highest BCUT2D eigenvalue weighted by Gasteiger charge is 2.18. The molecule has 0 spiro atoms. The highest BCUT2D eigenvalue weighted by atomic mass is 16.5. The first-order valence-corrected chi connectivity index (χ1v) is 8.51. The van der Waals surface area contributed by atoms with Gasteiger partial charge in [-0.25, -0.2) is 0 Å². The number of carbonyl (C=O) groups is 2. The van der Waals surface area contributed by atoms with Crippen molar-refractivity contribution < 1.29 is 14.3 Å². The van der Waals surface area contributed by atoms with Gasteiger partial charge >= 0.3 is 0 Å². The van der Waals surface area contributed by atoms with E-state index in [2.05, 4.69) is 4.98 Å². The Labute approximate surface area is 154 Å². The summed E-state index contributed by atoms with van der Waals surface area (Å²) in [4.78, 5) is 31.7. The number of methoxy groups -OCH3 is 1. The van der Waals surface area contributed by atoms with E-state index in [0.717, 1.165) is 17.5 Å². The zero-order valence-corrected chi connectivity index (χ0v) is 15.5. The molecule has 1 aromatic carbocycles. The SMILES string of the molecule is COc1ccccc1CN(CC(=O)N(C)CCc1ccncc1)C(C)=O. The van der Waals surface area contributed by atoms with Crippen molar-refractivity contribution in [2.24, 2.45) is 0 Å². The van der Waals surface area contributed by atoms with Gasteiger partial charge in [0.2, 0.25) is 11.8 Å². The molecular formula is C20H25N3O3. The normalized spacial score (nSPS) is 10.3. The number of para-hydroxylation sites is 1. The highest BCUT2D eigenvalue weighted by Crippen LogP contribution is 2.19. The number of benzene rings is 1. The number of ether oxygens (including phenoxy) is 1. The lowest BCUT2D eigenvalue weighted by Crippen LogP contribution is -2.41. The Bertz CT molecular complexity index is 734. The third kappa shape index (κ3) is 5.58. The highest BCUT2D eigenvalue weighted by molar-refractivity contribution is 5.83. The van der Waals surface area contributed by atoms with Gasteiger partial charge in [-0.2, -0.15) is 0 Å². The molecule has 0 fully saturated rings. The van der Waals surface area contributed by atoms with Crippen LogP contribution < -0.4 is 4.74 Å². The lowest BCUT2D eigenvalue weighted by Gasteiger charge is -2.25. The molecule has 26 heavy (non-hydrogen) atoms. The molecule has 1 heterocycles. The Morgan fingerprint density at radius 2 is 1.81 bits per heavy atom. The summed E-state index contributed by atoms with van der Waals surface area (Å²) in [6, 6.07) is 11.4. The summed E-state index contributed by atoms with van der Waals surface area (Å²) < 4.78 is 5.33. The van der Waals surface area contributed by atoms with Gasteiger partial charge in [0.05, 0.1) is 7.11 Å². The number of likely N-dealkylation sites (N-methyl/N-ethyl adjacent to an activating group) is 1. The first-order valence-electron chi connectivity index (χ1n) is 8.51. The van der Waals surface area contributed by atoms with Gasteiger partial charge in [0.25, 0.3) is 0 Å². The second kappa shape index (κ2) is 9.56. The van der Waals surface area contributed by atoms with Crippen LogP contribution in [0.4, 0.5) is 0 Å². The van der Waals surface area contributed by atoms with Gasteiger partial charge in [0.15, 0.2) is 0 Å². The molecule has 2 rings (SSSR count). The number of aromatic nitrogens is 1. The van der Waals surface area contributed by atoms with E-state index in [1.807, 2.05) is 36.4 Å². The van der Waals surface area contributed by atoms with E-state index in [-0.39, 0.29) is 18.4 Å². The number of amides is 2. The number of rotatable bonds is 8. The number of carbonyl (C=O) groups excluding carboxylic acids is 2. The fourth-order valence-corrected chi connectivity index (χ4v) is 2.57. The maximum absolute atomic E-state index is 12.5. The van der Waals surface area contributed by atoms with Crippen molar-refractivity contribution >= 4 is 11.8 Å². The van der Waals surface area contributed by atoms with Gasteiger partial charge in [-0.05, 0) is 30.2 Å². The van der Waals surface area contributed by atoms with Gasteiger partial charge in [-0.15, -0.1) is 0 Å². The predicted molar refractivity (Wildman–Crippen MR) is 99.7 cm³/mol. The summed E-state index contributed by atoms with van der Waals surface area (Å²) in [6.07, 6.45) is 4.22. The zero-order valence-electron chi connectivity index (χ0n) is 15.5. The van der Waals surface area contributed by atoms with E-state index >= 15 is 0 Å². The summed E-state index contributed by atoms with van der Waals surface area (Å²) in [5.74, 6) is 0.466. The number of pyridine rings is 1. The minimum absolute atomic E-state index is 0.0419. The molecule has 6 heteroatoms. The summed E-state index contributed by atoms with van der Waals surface area (Å²) in [5, 5.41) is 0. The van der Waals surface area contributed by atoms with E-state index in [1.54, 1.807) is 31.5 Å². The Kier molecular flexibility index (Phi) is 7.14. The molecule has 0 atom stereocenters. The van der Waals surface area contributed by atoms with Crippen LogP contribution >= 0.6 is 0 Å². The zero-order chi connectivity index (χ0) is 18.9. The summed E-state index contributed by atoms with van der Waals surface area (Å²) in [5.41, 5.74) is 1.99. The standard InChI is InChI=1S/C20H25N3O3/c1-16(24)23(14-18-6-4-5-7-19(18)26-3)15-20(25)22(2)13-10-17-8-11-21-12-9-17/h4-9,11-12H,10,13-15H2,1-3H3. The molecule has 0 aliphatic rings. The Balaban J connectivity index is 1.95. The number of hydrogen-bond donors (Lipinski definition) is 0. The maximum Gasteiger partial charge on any atom is 0.241 e. The predicted octanol–water partition coefficient (Wildman–Crippen LogP) is 2.14. The van der Waals surface area contributed by atoms with Gasteiger partial charge in [0, 0.05) is 45.0 Å². The summed E-state index contributed by atoms with van der Waals surface area (Å²) in [7, 11) is 3.35. The van der Waals surface area contributed by atoms with Crippen LogP contribution in [0.3, 0.4) is 0 Å². The Morgan fingerprint density at radius 3 is 2.46 bits per heavy atom. The van der Waals surface area contributed by atoms with Crippen molar-refractivity contribution in [2.75, 3.05) is 27.2 Å². The first-order chi connectivity index (χ1) is 12.5. The van der Waals surface area contributed by atoms with Crippen LogP contribution in [-0.2, 0) is 22.6 Å². The largest absolute Gasteiger partial charge is 0.496 e. The van der Waals surface area contributed by atoms with Gasteiger partial charge in [0.1, 0.15) is 12.3 Å². The molecule has 0 aliphatic carbocycles. The molecule has 0 radical (unpaired) electrons. The van der Waals surface area contributed by atoms with E-state index in [0.29, 0.717) is 18.8 Å². The van der Waals surface area contributed by atoms with Gasteiger partial charge in [-0.1, -0.05) is 18.2 Å². The minimum atomic E-state index is -0.146. The first kappa shape index (κ1) is 19.4. The topological polar surface area (TPSA) is 62.7 Å². The smallest absolute Gasteiger partial charge is 0.241 e. The molecule has 0 N–H and O–H groups in total. The van der Waals surface area contributed by atoms with Crippen molar-refractivity contribution in [3.8, 4) is 5.75 Å². The number of hydrogen-bond acceptors (Lipinski definition) is 4. The van der Waals surface area contributed by atoms with Gasteiger partial charge in [-0.3, -0.25) is 14.6 Å². The molecule has 0 saturated carbocycles. The van der Waals surface area contributed by atoms with E-state index < -0.39 is 0 Å². The molecule has 0 bridgehead atoms. The van der Waals surface area contributed by atoms with Crippen molar-refractivity contribution in [3.63, 3.8) is 0 Å². The van der Waals surface area contributed by atoms with Crippen LogP contribution in [0.15, 0.2) is 48.8 Å². The fourth-order valence-electron chi connectivity index (χ4n) is 2.57. The Morgan fingerprint density at radius 1 is 1.12 bits per heavy atom. The molecule has 0 unspecified atom stereocenters. The van der Waals surface area contributed by atoms with Crippen LogP contribution in [0.2, 0.25) is 0 Å². The maximum atomic E-state index is 12.5. The van der Waals surface area contributed by atoms with E-state index in [4.69, 9.17) is 4.74 Å². The average Bonchev–Trinajstić information content (AvgIpc) is 2.66. The van der Waals surface area contributed by atoms with E-state index in [9.17, 15) is 9.59 Å². The number of nitrogens with zero attached hydrogens (tertiary/aromatic N) is 3. The third-order valence-electron chi connectivity index (χ3n) is 4.24. The molecule has 2 amide bonds. The van der Waals surface area contributed by atoms with Crippen molar-refractivity contribution in [2.45, 2.75) is 19.9 Å². The Hall–Kier alpha value is -2.89. The van der Waals surface area contributed by atoms with Crippen LogP contribution in [0.25, 0.3) is 0 Å². The molecule has 1 aromatic heterocycles. The van der Waals surface area contributed by atoms with Crippen molar-refractivity contribution in [1.82, 2.24) is 14.8 Å². The second-order valence-corrected chi connectivity index (χ2v) is 6.11. The quantitative estimate of drug-likeness (QED) is 0.728. The molecule has 138 valence electrons. The van der Waals surface area contributed by atoms with Crippen LogP contribution in [0, 0.1) is 0 Å². The summed E-state index contributed by atoms with van der Waals surface area (Å²) in [6.45, 7) is 2.44. The third-order valence-corrected chi connectivity index (χ3v) is 4.24. The van der Waals surface area contributed by atoms with Gasteiger partial charge < -0.3 is 14.5 Å². The summed E-state index contributed by atoms with van der Waals surface area (Å²) >= 11 is 0. The lowest BCUT2D eigenvalue weighted by molar-refractivity contribution is -0.139. The molecular weight excluding hydrogens is 330 g/mol. The lowest BCUT2D eigenvalue weighted by atomic mass is 10.2. The van der Waals surface area contributed by atoms with Crippen LogP contribution in [-0.4, -0.2) is 53.8 Å².